The second-order valence-corrected chi connectivity index (χ2v) is 7.14. The van der Waals surface area contributed by atoms with Crippen molar-refractivity contribution in [1.29, 1.82) is 0 Å². The molecule has 0 aromatic heterocycles. The van der Waals surface area contributed by atoms with Crippen LogP contribution in [-0.4, -0.2) is 14.2 Å². The van der Waals surface area contributed by atoms with Gasteiger partial charge in [-0.1, -0.05) is 64.0 Å². The lowest BCUT2D eigenvalue weighted by atomic mass is 10.1. The summed E-state index contributed by atoms with van der Waals surface area (Å²) < 4.78 is 24.0. The molecular formula is C16H25O2S. The van der Waals surface area contributed by atoms with Gasteiger partial charge in [-0.25, -0.2) is 8.42 Å². The van der Waals surface area contributed by atoms with Crippen molar-refractivity contribution < 1.29 is 8.42 Å². The number of sulfone groups is 1. The number of hydrogen-bond donors (Lipinski definition) is 0. The lowest BCUT2D eigenvalue weighted by Gasteiger charge is -2.04. The average molecular weight is 281 g/mol. The molecule has 0 amide bonds. The summed E-state index contributed by atoms with van der Waals surface area (Å²) >= 11 is 0. The van der Waals surface area contributed by atoms with E-state index in [-0.39, 0.29) is 5.75 Å². The zero-order valence-corrected chi connectivity index (χ0v) is 12.7. The average Bonchev–Trinajstić information content (AvgIpc) is 2.43. The summed E-state index contributed by atoms with van der Waals surface area (Å²) in [4.78, 5) is 0.425. The van der Waals surface area contributed by atoms with Crippen LogP contribution in [0.3, 0.4) is 0 Å². The van der Waals surface area contributed by atoms with E-state index in [1.165, 1.54) is 32.1 Å². The van der Waals surface area contributed by atoms with Gasteiger partial charge in [0.15, 0.2) is 9.84 Å². The minimum atomic E-state index is -3.08. The first-order valence-corrected chi connectivity index (χ1v) is 9.01. The van der Waals surface area contributed by atoms with E-state index in [1.807, 2.05) is 0 Å². The molecule has 1 rings (SSSR count). The Kier molecular flexibility index (Phi) is 7.80. The highest BCUT2D eigenvalue weighted by molar-refractivity contribution is 7.91. The Morgan fingerprint density at radius 1 is 0.895 bits per heavy atom. The van der Waals surface area contributed by atoms with Gasteiger partial charge in [-0.05, 0) is 24.6 Å². The predicted octanol–water partition coefficient (Wildman–Crippen LogP) is 4.40. The van der Waals surface area contributed by atoms with Gasteiger partial charge in [0.2, 0.25) is 0 Å². The zero-order valence-electron chi connectivity index (χ0n) is 11.9. The molecule has 2 nitrogen and oxygen atoms in total. The summed E-state index contributed by atoms with van der Waals surface area (Å²) in [6.45, 7) is 2.21. The van der Waals surface area contributed by atoms with Crippen molar-refractivity contribution in [2.75, 3.05) is 5.75 Å². The Balaban J connectivity index is 2.15. The van der Waals surface area contributed by atoms with Crippen molar-refractivity contribution in [3.63, 3.8) is 0 Å². The van der Waals surface area contributed by atoms with Gasteiger partial charge >= 0.3 is 0 Å². The van der Waals surface area contributed by atoms with Crippen LogP contribution in [0, 0.1) is 6.07 Å². The van der Waals surface area contributed by atoms with Crippen LogP contribution in [0.1, 0.15) is 58.3 Å². The molecular weight excluding hydrogens is 256 g/mol. The van der Waals surface area contributed by atoms with Crippen LogP contribution >= 0.6 is 0 Å². The third kappa shape index (κ3) is 6.76. The van der Waals surface area contributed by atoms with Crippen LogP contribution in [-0.2, 0) is 9.84 Å². The minimum Gasteiger partial charge on any atom is -0.224 e. The molecule has 3 heteroatoms. The third-order valence-corrected chi connectivity index (χ3v) is 5.13. The Bertz CT molecular complexity index is 423. The van der Waals surface area contributed by atoms with Crippen LogP contribution in [0.25, 0.3) is 0 Å². The van der Waals surface area contributed by atoms with Gasteiger partial charge in [0.05, 0.1) is 10.6 Å². The molecule has 1 radical (unpaired) electrons. The van der Waals surface area contributed by atoms with Gasteiger partial charge in [0.25, 0.3) is 0 Å². The van der Waals surface area contributed by atoms with E-state index in [0.717, 1.165) is 19.3 Å². The van der Waals surface area contributed by atoms with Gasteiger partial charge < -0.3 is 0 Å². The fourth-order valence-corrected chi connectivity index (χ4v) is 3.49. The Morgan fingerprint density at radius 3 is 2.00 bits per heavy atom. The van der Waals surface area contributed by atoms with Crippen molar-refractivity contribution in [3.8, 4) is 0 Å². The predicted molar refractivity (Wildman–Crippen MR) is 79.9 cm³/mol. The molecule has 1 aromatic carbocycles. The van der Waals surface area contributed by atoms with Crippen molar-refractivity contribution in [2.45, 2.75) is 63.2 Å². The maximum Gasteiger partial charge on any atom is 0.178 e. The first kappa shape index (κ1) is 16.2. The number of rotatable bonds is 10. The molecule has 0 saturated heterocycles. The third-order valence-electron chi connectivity index (χ3n) is 3.31. The smallest absolute Gasteiger partial charge is 0.178 e. The molecule has 0 bridgehead atoms. The van der Waals surface area contributed by atoms with E-state index >= 15 is 0 Å². The maximum absolute atomic E-state index is 12.0. The van der Waals surface area contributed by atoms with Gasteiger partial charge in [-0.2, -0.15) is 0 Å². The highest BCUT2D eigenvalue weighted by Gasteiger charge is 2.12. The van der Waals surface area contributed by atoms with Gasteiger partial charge in [-0.15, -0.1) is 0 Å². The van der Waals surface area contributed by atoms with Gasteiger partial charge in [0, 0.05) is 0 Å². The summed E-state index contributed by atoms with van der Waals surface area (Å²) in [5, 5.41) is 0. The molecule has 19 heavy (non-hydrogen) atoms. The maximum atomic E-state index is 12.0. The van der Waals surface area contributed by atoms with E-state index < -0.39 is 9.84 Å². The lowest BCUT2D eigenvalue weighted by molar-refractivity contribution is 0.572. The Labute approximate surface area is 118 Å². The second-order valence-electron chi connectivity index (χ2n) is 5.03. The standard InChI is InChI=1S/C16H25O2S/c1-2-3-4-5-6-7-8-12-15-19(17,18)16-13-10-9-11-14-16/h10-11,13-14H,2-8,12,15H2,1H3. The number of unbranched alkanes of at least 4 members (excludes halogenated alkanes) is 7. The molecule has 0 aliphatic carbocycles. The van der Waals surface area contributed by atoms with Crippen molar-refractivity contribution in [2.24, 2.45) is 0 Å². The molecule has 0 spiro atoms. The summed E-state index contributed by atoms with van der Waals surface area (Å²) in [7, 11) is -3.08. The molecule has 0 unspecified atom stereocenters. The van der Waals surface area contributed by atoms with E-state index in [4.69, 9.17) is 0 Å². The SMILES string of the molecule is CCCCCCCCCCS(=O)(=O)c1cc[c]cc1. The highest BCUT2D eigenvalue weighted by Crippen LogP contribution is 2.14. The molecule has 0 saturated carbocycles. The van der Waals surface area contributed by atoms with Crippen LogP contribution in [0.5, 0.6) is 0 Å². The fraction of sp³-hybridized carbons (Fsp3) is 0.625. The summed E-state index contributed by atoms with van der Waals surface area (Å²) in [6, 6.07) is 9.40. The van der Waals surface area contributed by atoms with Crippen LogP contribution in [0.2, 0.25) is 0 Å². The second kappa shape index (κ2) is 9.13. The summed E-state index contributed by atoms with van der Waals surface area (Å²) in [6.07, 6.45) is 9.37. The molecule has 107 valence electrons. The van der Waals surface area contributed by atoms with Gasteiger partial charge in [-0.3, -0.25) is 0 Å². The topological polar surface area (TPSA) is 34.1 Å². The molecule has 0 aliphatic heterocycles. The van der Waals surface area contributed by atoms with E-state index in [1.54, 1.807) is 24.3 Å². The van der Waals surface area contributed by atoms with Crippen LogP contribution < -0.4 is 0 Å². The van der Waals surface area contributed by atoms with Crippen molar-refractivity contribution in [3.05, 3.63) is 30.3 Å². The van der Waals surface area contributed by atoms with Crippen LogP contribution in [0.15, 0.2) is 29.2 Å². The quantitative estimate of drug-likeness (QED) is 0.596. The van der Waals surface area contributed by atoms with Crippen LogP contribution in [0.4, 0.5) is 0 Å². The highest BCUT2D eigenvalue weighted by atomic mass is 32.2. The molecule has 0 atom stereocenters. The fourth-order valence-electron chi connectivity index (χ4n) is 2.12. The molecule has 1 aromatic rings. The molecule has 0 heterocycles. The van der Waals surface area contributed by atoms with E-state index in [9.17, 15) is 8.42 Å². The minimum absolute atomic E-state index is 0.270. The first-order chi connectivity index (χ1) is 9.17. The molecule has 0 N–H and O–H groups in total. The molecule has 0 fully saturated rings. The number of benzene rings is 1. The lowest BCUT2D eigenvalue weighted by Crippen LogP contribution is -2.06. The van der Waals surface area contributed by atoms with Gasteiger partial charge in [0.1, 0.15) is 0 Å². The normalized spacial score (nSPS) is 11.6. The Morgan fingerprint density at radius 2 is 1.42 bits per heavy atom. The largest absolute Gasteiger partial charge is 0.224 e. The molecule has 0 aliphatic rings. The monoisotopic (exact) mass is 281 g/mol. The summed E-state index contributed by atoms with van der Waals surface area (Å²) in [5.74, 6) is 0.270. The summed E-state index contributed by atoms with van der Waals surface area (Å²) in [5.41, 5.74) is 0. The number of hydrogen-bond acceptors (Lipinski definition) is 2. The van der Waals surface area contributed by atoms with Crippen molar-refractivity contribution in [1.82, 2.24) is 0 Å². The van der Waals surface area contributed by atoms with E-state index in [0.29, 0.717) is 4.90 Å². The Hall–Kier alpha value is -0.830. The van der Waals surface area contributed by atoms with Crippen molar-refractivity contribution >= 4 is 9.84 Å². The first-order valence-electron chi connectivity index (χ1n) is 7.35. The van der Waals surface area contributed by atoms with E-state index in [2.05, 4.69) is 13.0 Å². The zero-order chi connectivity index (χ0) is 14.0.